The van der Waals surface area contributed by atoms with Crippen LogP contribution in [0.2, 0.25) is 0 Å². The number of hydrogen-bond donors (Lipinski definition) is 1. The summed E-state index contributed by atoms with van der Waals surface area (Å²) in [7, 11) is 1.31. The van der Waals surface area contributed by atoms with E-state index in [1.165, 1.54) is 31.4 Å². The maximum atomic E-state index is 12.9. The highest BCUT2D eigenvalue weighted by atomic mass is 19.3. The number of alkyl halides is 4. The summed E-state index contributed by atoms with van der Waals surface area (Å²) in [6.45, 7) is 0. The zero-order valence-corrected chi connectivity index (χ0v) is 14.8. The van der Waals surface area contributed by atoms with Gasteiger partial charge in [-0.05, 0) is 48.0 Å². The molecule has 2 aromatic rings. The maximum absolute atomic E-state index is 12.9. The van der Waals surface area contributed by atoms with E-state index < -0.39 is 30.2 Å². The van der Waals surface area contributed by atoms with Gasteiger partial charge in [0.25, 0.3) is 0 Å². The van der Waals surface area contributed by atoms with Gasteiger partial charge in [-0.2, -0.15) is 17.6 Å². The predicted octanol–water partition coefficient (Wildman–Crippen LogP) is 4.25. The van der Waals surface area contributed by atoms with E-state index in [1.54, 1.807) is 0 Å². The van der Waals surface area contributed by atoms with Crippen LogP contribution in [0, 0.1) is 0 Å². The summed E-state index contributed by atoms with van der Waals surface area (Å²) in [4.78, 5) is 22.8. The minimum Gasteiger partial charge on any atom is -0.493 e. The molecule has 29 heavy (non-hydrogen) atoms. The molecule has 0 amide bonds. The van der Waals surface area contributed by atoms with E-state index in [2.05, 4.69) is 4.74 Å². The SMILES string of the molecule is COc1cc(C=CC(=O)O)ccc1OC(=O)c1ccc(OC(F)(F)C(F)F)cc1. The molecule has 0 saturated carbocycles. The predicted molar refractivity (Wildman–Crippen MR) is 92.6 cm³/mol. The molecule has 0 atom stereocenters. The monoisotopic (exact) mass is 414 g/mol. The van der Waals surface area contributed by atoms with Crippen molar-refractivity contribution in [3.63, 3.8) is 0 Å². The van der Waals surface area contributed by atoms with Crippen molar-refractivity contribution >= 4 is 18.0 Å². The Balaban J connectivity index is 2.12. The van der Waals surface area contributed by atoms with Crippen molar-refractivity contribution in [2.75, 3.05) is 7.11 Å². The highest BCUT2D eigenvalue weighted by molar-refractivity contribution is 5.91. The van der Waals surface area contributed by atoms with Gasteiger partial charge in [-0.3, -0.25) is 0 Å². The van der Waals surface area contributed by atoms with E-state index in [0.29, 0.717) is 5.56 Å². The van der Waals surface area contributed by atoms with E-state index in [4.69, 9.17) is 14.6 Å². The van der Waals surface area contributed by atoms with Crippen LogP contribution in [0.1, 0.15) is 15.9 Å². The molecule has 0 aliphatic carbocycles. The van der Waals surface area contributed by atoms with Crippen molar-refractivity contribution in [1.29, 1.82) is 0 Å². The standard InChI is InChI=1S/C19H14F4O6/c1-27-15-10-11(3-9-16(24)25)2-8-14(15)28-17(26)12-4-6-13(7-5-12)29-19(22,23)18(20)21/h2-10,18H,1H3,(H,24,25). The number of rotatable bonds is 8. The van der Waals surface area contributed by atoms with Gasteiger partial charge in [0.2, 0.25) is 0 Å². The Hall–Kier alpha value is -3.56. The Morgan fingerprint density at radius 1 is 1.07 bits per heavy atom. The number of ether oxygens (including phenoxy) is 3. The Labute approximate surface area is 161 Å². The molecule has 154 valence electrons. The second-order valence-corrected chi connectivity index (χ2v) is 5.46. The zero-order valence-electron chi connectivity index (χ0n) is 14.8. The van der Waals surface area contributed by atoms with Crippen LogP contribution < -0.4 is 14.2 Å². The van der Waals surface area contributed by atoms with E-state index in [-0.39, 0.29) is 17.1 Å². The van der Waals surface area contributed by atoms with E-state index in [0.717, 1.165) is 30.3 Å². The summed E-state index contributed by atoms with van der Waals surface area (Å²) in [6.07, 6.45) is -6.44. The van der Waals surface area contributed by atoms with Crippen LogP contribution >= 0.6 is 0 Å². The minimum atomic E-state index is -4.66. The van der Waals surface area contributed by atoms with Crippen molar-refractivity contribution in [3.8, 4) is 17.2 Å². The normalized spacial score (nSPS) is 11.5. The number of aliphatic carboxylic acids is 1. The first kappa shape index (κ1) is 21.7. The quantitative estimate of drug-likeness (QED) is 0.301. The third-order valence-corrected chi connectivity index (χ3v) is 3.41. The van der Waals surface area contributed by atoms with E-state index in [9.17, 15) is 27.2 Å². The number of carbonyl (C=O) groups is 2. The highest BCUT2D eigenvalue weighted by Gasteiger charge is 2.43. The second kappa shape index (κ2) is 9.09. The third kappa shape index (κ3) is 5.96. The summed E-state index contributed by atoms with van der Waals surface area (Å²) in [6, 6.07) is 8.26. The molecule has 10 heteroatoms. The van der Waals surface area contributed by atoms with Gasteiger partial charge in [0.1, 0.15) is 5.75 Å². The molecular weight excluding hydrogens is 400 g/mol. The molecule has 0 fully saturated rings. The Morgan fingerprint density at radius 2 is 1.72 bits per heavy atom. The fourth-order valence-electron chi connectivity index (χ4n) is 2.06. The van der Waals surface area contributed by atoms with Gasteiger partial charge in [0.15, 0.2) is 11.5 Å². The first-order valence-corrected chi connectivity index (χ1v) is 7.88. The molecule has 0 heterocycles. The molecule has 1 N–H and O–H groups in total. The minimum absolute atomic E-state index is 0.0227. The van der Waals surface area contributed by atoms with E-state index in [1.807, 2.05) is 0 Å². The van der Waals surface area contributed by atoms with Gasteiger partial charge in [-0.1, -0.05) is 6.07 Å². The first-order valence-electron chi connectivity index (χ1n) is 7.88. The average molecular weight is 414 g/mol. The molecule has 0 radical (unpaired) electrons. The first-order chi connectivity index (χ1) is 13.6. The van der Waals surface area contributed by atoms with Crippen molar-refractivity contribution in [2.24, 2.45) is 0 Å². The lowest BCUT2D eigenvalue weighted by Gasteiger charge is -2.16. The number of methoxy groups -OCH3 is 1. The highest BCUT2D eigenvalue weighted by Crippen LogP contribution is 2.30. The van der Waals surface area contributed by atoms with Crippen LogP contribution in [0.25, 0.3) is 6.08 Å². The lowest BCUT2D eigenvalue weighted by molar-refractivity contribution is -0.253. The van der Waals surface area contributed by atoms with Gasteiger partial charge in [-0.15, -0.1) is 0 Å². The summed E-state index contributed by atoms with van der Waals surface area (Å²) in [5.74, 6) is -2.40. The van der Waals surface area contributed by atoms with Gasteiger partial charge >= 0.3 is 24.5 Å². The van der Waals surface area contributed by atoms with Gasteiger partial charge in [0.05, 0.1) is 12.7 Å². The van der Waals surface area contributed by atoms with Crippen LogP contribution in [-0.4, -0.2) is 36.7 Å². The van der Waals surface area contributed by atoms with Gasteiger partial charge in [0, 0.05) is 6.08 Å². The summed E-state index contributed by atoms with van der Waals surface area (Å²) in [5.41, 5.74) is 0.417. The molecule has 0 bridgehead atoms. The number of carbonyl (C=O) groups excluding carboxylic acids is 1. The zero-order chi connectivity index (χ0) is 21.6. The fourth-order valence-corrected chi connectivity index (χ4v) is 2.06. The lowest BCUT2D eigenvalue weighted by atomic mass is 10.2. The lowest BCUT2D eigenvalue weighted by Crippen LogP contribution is -2.33. The maximum Gasteiger partial charge on any atom is 0.461 e. The largest absolute Gasteiger partial charge is 0.493 e. The number of hydrogen-bond acceptors (Lipinski definition) is 5. The molecule has 6 nitrogen and oxygen atoms in total. The van der Waals surface area contributed by atoms with E-state index >= 15 is 0 Å². The summed E-state index contributed by atoms with van der Waals surface area (Å²) in [5, 5.41) is 8.63. The molecule has 0 aliphatic heterocycles. The average Bonchev–Trinajstić information content (AvgIpc) is 2.67. The van der Waals surface area contributed by atoms with Crippen molar-refractivity contribution in [2.45, 2.75) is 12.5 Å². The number of carboxylic acid groups (broad SMARTS) is 1. The fraction of sp³-hybridized carbons (Fsp3) is 0.158. The Bertz CT molecular complexity index is 909. The number of halogens is 4. The smallest absolute Gasteiger partial charge is 0.461 e. The molecular formula is C19H14F4O6. The molecule has 0 spiro atoms. The van der Waals surface area contributed by atoms with Gasteiger partial charge < -0.3 is 19.3 Å². The number of esters is 1. The summed E-state index contributed by atoms with van der Waals surface area (Å²) < 4.78 is 64.2. The number of carboxylic acids is 1. The van der Waals surface area contributed by atoms with Crippen LogP contribution in [0.4, 0.5) is 17.6 Å². The summed E-state index contributed by atoms with van der Waals surface area (Å²) >= 11 is 0. The second-order valence-electron chi connectivity index (χ2n) is 5.46. The van der Waals surface area contributed by atoms with Crippen LogP contribution in [0.3, 0.4) is 0 Å². The van der Waals surface area contributed by atoms with Crippen molar-refractivity contribution in [1.82, 2.24) is 0 Å². The third-order valence-electron chi connectivity index (χ3n) is 3.41. The van der Waals surface area contributed by atoms with Crippen LogP contribution in [0.15, 0.2) is 48.5 Å². The molecule has 2 aromatic carbocycles. The van der Waals surface area contributed by atoms with Crippen LogP contribution in [-0.2, 0) is 4.79 Å². The topological polar surface area (TPSA) is 82.1 Å². The molecule has 0 unspecified atom stereocenters. The van der Waals surface area contributed by atoms with Crippen molar-refractivity contribution < 1.29 is 46.5 Å². The van der Waals surface area contributed by atoms with Crippen molar-refractivity contribution in [3.05, 3.63) is 59.7 Å². The number of benzene rings is 2. The molecule has 2 rings (SSSR count). The molecule has 0 aromatic heterocycles. The molecule has 0 aliphatic rings. The van der Waals surface area contributed by atoms with Gasteiger partial charge in [-0.25, -0.2) is 9.59 Å². The van der Waals surface area contributed by atoms with Crippen LogP contribution in [0.5, 0.6) is 17.2 Å². The molecule has 0 saturated heterocycles. The Morgan fingerprint density at radius 3 is 2.28 bits per heavy atom. The Kier molecular flexibility index (Phi) is 6.81.